The molecule has 25 heavy (non-hydrogen) atoms. The van der Waals surface area contributed by atoms with Gasteiger partial charge in [-0.1, -0.05) is 36.4 Å². The van der Waals surface area contributed by atoms with Gasteiger partial charge in [-0.15, -0.1) is 0 Å². The van der Waals surface area contributed by atoms with Crippen LogP contribution in [0, 0.1) is 11.6 Å². The molecule has 0 spiro atoms. The predicted molar refractivity (Wildman–Crippen MR) is 90.1 cm³/mol. The minimum absolute atomic E-state index is 0.0201. The molecule has 7 heteroatoms. The summed E-state index contributed by atoms with van der Waals surface area (Å²) in [5.74, 6) is -2.06. The minimum Gasteiger partial charge on any atom is -0.272 e. The van der Waals surface area contributed by atoms with Gasteiger partial charge in [0.1, 0.15) is 17.3 Å². The SMILES string of the molecule is C/C(=N/NC(=O)c1cc(-c2ccccc2)n[nH]1)c1c(F)cccc1F. The second-order valence-corrected chi connectivity index (χ2v) is 5.27. The number of H-pyrrole nitrogens is 1. The Labute approximate surface area is 142 Å². The van der Waals surface area contributed by atoms with Gasteiger partial charge in [-0.2, -0.15) is 10.2 Å². The van der Waals surface area contributed by atoms with Crippen molar-refractivity contribution < 1.29 is 13.6 Å². The third-order valence-electron chi connectivity index (χ3n) is 3.54. The predicted octanol–water partition coefficient (Wildman–Crippen LogP) is 3.51. The van der Waals surface area contributed by atoms with Gasteiger partial charge >= 0.3 is 0 Å². The Balaban J connectivity index is 1.76. The molecule has 0 unspecified atom stereocenters. The molecule has 5 nitrogen and oxygen atoms in total. The van der Waals surface area contributed by atoms with E-state index in [1.807, 2.05) is 30.3 Å². The van der Waals surface area contributed by atoms with E-state index in [1.54, 1.807) is 6.07 Å². The first-order chi connectivity index (χ1) is 12.1. The Morgan fingerprint density at radius 3 is 2.44 bits per heavy atom. The van der Waals surface area contributed by atoms with Crippen LogP contribution in [0.5, 0.6) is 0 Å². The molecule has 126 valence electrons. The van der Waals surface area contributed by atoms with Crippen molar-refractivity contribution in [2.24, 2.45) is 5.10 Å². The Morgan fingerprint density at radius 1 is 1.08 bits per heavy atom. The van der Waals surface area contributed by atoms with Crippen molar-refractivity contribution in [1.82, 2.24) is 15.6 Å². The van der Waals surface area contributed by atoms with Crippen LogP contribution in [-0.2, 0) is 0 Å². The van der Waals surface area contributed by atoms with Crippen molar-refractivity contribution in [2.75, 3.05) is 0 Å². The largest absolute Gasteiger partial charge is 0.289 e. The van der Waals surface area contributed by atoms with Crippen LogP contribution < -0.4 is 5.43 Å². The molecule has 3 aromatic rings. The molecule has 0 aliphatic carbocycles. The van der Waals surface area contributed by atoms with Gasteiger partial charge in [-0.05, 0) is 25.1 Å². The molecule has 0 aliphatic heterocycles. The first kappa shape index (κ1) is 16.5. The zero-order valence-corrected chi connectivity index (χ0v) is 13.3. The third kappa shape index (κ3) is 3.60. The highest BCUT2D eigenvalue weighted by atomic mass is 19.1. The molecule has 2 N–H and O–H groups in total. The van der Waals surface area contributed by atoms with E-state index in [2.05, 4.69) is 20.7 Å². The quantitative estimate of drug-likeness (QED) is 0.564. The molecule has 0 saturated carbocycles. The van der Waals surface area contributed by atoms with E-state index < -0.39 is 17.5 Å². The van der Waals surface area contributed by atoms with E-state index in [4.69, 9.17) is 0 Å². The lowest BCUT2D eigenvalue weighted by Gasteiger charge is -2.04. The zero-order valence-electron chi connectivity index (χ0n) is 13.3. The molecule has 0 fully saturated rings. The molecule has 3 rings (SSSR count). The number of aromatic amines is 1. The van der Waals surface area contributed by atoms with Gasteiger partial charge in [0.25, 0.3) is 5.91 Å². The van der Waals surface area contributed by atoms with Crippen molar-refractivity contribution in [3.05, 3.63) is 77.5 Å². The molecule has 1 heterocycles. The van der Waals surface area contributed by atoms with E-state index >= 15 is 0 Å². The van der Waals surface area contributed by atoms with Crippen LogP contribution in [0.4, 0.5) is 8.78 Å². The highest BCUT2D eigenvalue weighted by molar-refractivity contribution is 6.01. The van der Waals surface area contributed by atoms with Gasteiger partial charge in [0.2, 0.25) is 0 Å². The summed E-state index contributed by atoms with van der Waals surface area (Å²) in [5, 5.41) is 10.4. The Hall–Kier alpha value is -3.35. The topological polar surface area (TPSA) is 70.1 Å². The average molecular weight is 340 g/mol. The fourth-order valence-electron chi connectivity index (χ4n) is 2.29. The van der Waals surface area contributed by atoms with Crippen molar-refractivity contribution in [2.45, 2.75) is 6.92 Å². The fraction of sp³-hybridized carbons (Fsp3) is 0.0556. The van der Waals surface area contributed by atoms with Crippen molar-refractivity contribution in [3.8, 4) is 11.3 Å². The minimum atomic E-state index is -0.747. The third-order valence-corrected chi connectivity index (χ3v) is 3.54. The number of benzene rings is 2. The lowest BCUT2D eigenvalue weighted by molar-refractivity contribution is 0.0950. The first-order valence-corrected chi connectivity index (χ1v) is 7.46. The molecule has 0 aliphatic rings. The summed E-state index contributed by atoms with van der Waals surface area (Å²) >= 11 is 0. The number of hydrogen-bond acceptors (Lipinski definition) is 3. The van der Waals surface area contributed by atoms with E-state index in [9.17, 15) is 13.6 Å². The normalized spacial score (nSPS) is 11.4. The monoisotopic (exact) mass is 340 g/mol. The Kier molecular flexibility index (Phi) is 4.65. The smallest absolute Gasteiger partial charge is 0.272 e. The van der Waals surface area contributed by atoms with Gasteiger partial charge in [0.05, 0.1) is 17.0 Å². The first-order valence-electron chi connectivity index (χ1n) is 7.46. The van der Waals surface area contributed by atoms with Crippen LogP contribution >= 0.6 is 0 Å². The molecule has 2 aromatic carbocycles. The van der Waals surface area contributed by atoms with E-state index in [1.165, 1.54) is 13.0 Å². The molecule has 0 bridgehead atoms. The van der Waals surface area contributed by atoms with Gasteiger partial charge in [-0.3, -0.25) is 9.89 Å². The second-order valence-electron chi connectivity index (χ2n) is 5.27. The maximum Gasteiger partial charge on any atom is 0.289 e. The number of nitrogens with one attached hydrogen (secondary N) is 2. The number of carbonyl (C=O) groups is 1. The standard InChI is InChI=1S/C18H14F2N4O/c1-11(17-13(19)8-5-9-14(17)20)21-24-18(25)16-10-15(22-23-16)12-6-3-2-4-7-12/h2-10H,1H3,(H,22,23)(H,24,25)/b21-11-. The van der Waals surface area contributed by atoms with Crippen LogP contribution in [-0.4, -0.2) is 21.8 Å². The van der Waals surface area contributed by atoms with E-state index in [-0.39, 0.29) is 17.0 Å². The number of halogens is 2. The van der Waals surface area contributed by atoms with Crippen LogP contribution in [0.15, 0.2) is 59.7 Å². The van der Waals surface area contributed by atoms with Gasteiger partial charge in [0.15, 0.2) is 0 Å². The molecular weight excluding hydrogens is 326 g/mol. The lowest BCUT2D eigenvalue weighted by atomic mass is 10.1. The molecular formula is C18H14F2N4O. The number of hydrogen-bond donors (Lipinski definition) is 2. The number of carbonyl (C=O) groups excluding carboxylic acids is 1. The number of nitrogens with zero attached hydrogens (tertiary/aromatic N) is 2. The molecule has 0 atom stereocenters. The molecule has 0 saturated heterocycles. The summed E-state index contributed by atoms with van der Waals surface area (Å²) in [6.45, 7) is 1.41. The van der Waals surface area contributed by atoms with E-state index in [0.717, 1.165) is 17.7 Å². The molecule has 1 aromatic heterocycles. The summed E-state index contributed by atoms with van der Waals surface area (Å²) in [7, 11) is 0. The Bertz CT molecular complexity index is 915. The number of hydrazone groups is 1. The van der Waals surface area contributed by atoms with Crippen LogP contribution in [0.3, 0.4) is 0 Å². The van der Waals surface area contributed by atoms with Crippen LogP contribution in [0.2, 0.25) is 0 Å². The van der Waals surface area contributed by atoms with Crippen molar-refractivity contribution in [3.63, 3.8) is 0 Å². The number of rotatable bonds is 4. The second kappa shape index (κ2) is 7.04. The summed E-state index contributed by atoms with van der Waals surface area (Å²) in [4.78, 5) is 12.1. The summed E-state index contributed by atoms with van der Waals surface area (Å²) < 4.78 is 27.4. The van der Waals surface area contributed by atoms with Gasteiger partial charge in [0, 0.05) is 5.56 Å². The summed E-state index contributed by atoms with van der Waals surface area (Å²) in [6, 6.07) is 14.4. The van der Waals surface area contributed by atoms with Crippen molar-refractivity contribution >= 4 is 11.6 Å². The summed E-state index contributed by atoms with van der Waals surface area (Å²) in [6.07, 6.45) is 0. The van der Waals surface area contributed by atoms with E-state index in [0.29, 0.717) is 5.69 Å². The van der Waals surface area contributed by atoms with Crippen LogP contribution in [0.1, 0.15) is 23.0 Å². The van der Waals surface area contributed by atoms with Gasteiger partial charge < -0.3 is 0 Å². The average Bonchev–Trinajstić information content (AvgIpc) is 3.10. The highest BCUT2D eigenvalue weighted by Crippen LogP contribution is 2.17. The molecule has 0 radical (unpaired) electrons. The Morgan fingerprint density at radius 2 is 1.76 bits per heavy atom. The highest BCUT2D eigenvalue weighted by Gasteiger charge is 2.13. The lowest BCUT2D eigenvalue weighted by Crippen LogP contribution is -2.20. The summed E-state index contributed by atoms with van der Waals surface area (Å²) in [5.41, 5.74) is 3.64. The maximum absolute atomic E-state index is 13.7. The molecule has 1 amide bonds. The van der Waals surface area contributed by atoms with Gasteiger partial charge in [-0.25, -0.2) is 14.2 Å². The maximum atomic E-state index is 13.7. The fourth-order valence-corrected chi connectivity index (χ4v) is 2.29. The number of aromatic nitrogens is 2. The number of amides is 1. The van der Waals surface area contributed by atoms with Crippen LogP contribution in [0.25, 0.3) is 11.3 Å². The zero-order chi connectivity index (χ0) is 17.8. The van der Waals surface area contributed by atoms with Crippen molar-refractivity contribution in [1.29, 1.82) is 0 Å².